The van der Waals surface area contributed by atoms with Crippen molar-refractivity contribution < 1.29 is 14.3 Å². The molecule has 1 aliphatic heterocycles. The number of nitrogens with two attached hydrogens (primary N) is 1. The molecule has 0 radical (unpaired) electrons. The zero-order valence-electron chi connectivity index (χ0n) is 11.6. The normalized spacial score (nSPS) is 15.8. The van der Waals surface area contributed by atoms with E-state index in [2.05, 4.69) is 0 Å². The Hall–Kier alpha value is -1.79. The van der Waals surface area contributed by atoms with Crippen molar-refractivity contribution in [1.29, 1.82) is 0 Å². The summed E-state index contributed by atoms with van der Waals surface area (Å²) in [4.78, 5) is 26.5. The highest BCUT2D eigenvalue weighted by atomic mass is 35.5. The number of carbonyl (C=O) groups is 2. The lowest BCUT2D eigenvalue weighted by Crippen LogP contribution is -2.51. The lowest BCUT2D eigenvalue weighted by Gasteiger charge is -2.33. The second-order valence-electron chi connectivity index (χ2n) is 4.84. The van der Waals surface area contributed by atoms with Crippen LogP contribution in [0.3, 0.4) is 0 Å². The molecule has 0 aliphatic carbocycles. The molecule has 6 nitrogen and oxygen atoms in total. The highest BCUT2D eigenvalue weighted by Crippen LogP contribution is 2.23. The molecule has 1 heterocycles. The van der Waals surface area contributed by atoms with Crippen molar-refractivity contribution in [1.82, 2.24) is 9.80 Å². The molecule has 0 saturated carbocycles. The van der Waals surface area contributed by atoms with E-state index in [1.54, 1.807) is 29.2 Å². The highest BCUT2D eigenvalue weighted by molar-refractivity contribution is 6.32. The summed E-state index contributed by atoms with van der Waals surface area (Å²) in [6.07, 6.45) is 0. The fourth-order valence-corrected chi connectivity index (χ4v) is 2.36. The van der Waals surface area contributed by atoms with Crippen LogP contribution in [0.4, 0.5) is 0 Å². The van der Waals surface area contributed by atoms with E-state index in [0.29, 0.717) is 37.0 Å². The summed E-state index contributed by atoms with van der Waals surface area (Å²) in [6, 6.07) is 7.04. The molecular weight excluding hydrogens is 294 g/mol. The van der Waals surface area contributed by atoms with Crippen molar-refractivity contribution in [3.8, 4) is 5.75 Å². The average molecular weight is 312 g/mol. The maximum atomic E-state index is 12.1. The minimum atomic E-state index is -0.350. The quantitative estimate of drug-likeness (QED) is 0.851. The maximum absolute atomic E-state index is 12.1. The highest BCUT2D eigenvalue weighted by Gasteiger charge is 2.22. The first-order valence-corrected chi connectivity index (χ1v) is 7.10. The number of primary amides is 1. The summed E-state index contributed by atoms with van der Waals surface area (Å²) < 4.78 is 5.43. The van der Waals surface area contributed by atoms with Gasteiger partial charge in [0.25, 0.3) is 5.91 Å². The Morgan fingerprint density at radius 2 is 1.86 bits per heavy atom. The summed E-state index contributed by atoms with van der Waals surface area (Å²) in [7, 11) is 0. The number of benzene rings is 1. The standard InChI is InChI=1S/C14H18ClN3O3/c15-11-3-1-2-4-12(11)21-10-14(20)18-7-5-17(6-8-18)9-13(16)19/h1-4H,5-10H2,(H2,16,19). The van der Waals surface area contributed by atoms with Gasteiger partial charge in [-0.25, -0.2) is 0 Å². The Labute approximate surface area is 128 Å². The Balaban J connectivity index is 1.77. The van der Waals surface area contributed by atoms with Crippen molar-refractivity contribution in [3.63, 3.8) is 0 Å². The van der Waals surface area contributed by atoms with Crippen LogP contribution in [0.1, 0.15) is 0 Å². The second kappa shape index (κ2) is 7.28. The van der Waals surface area contributed by atoms with Crippen LogP contribution in [-0.4, -0.2) is 60.9 Å². The van der Waals surface area contributed by atoms with Crippen LogP contribution in [0.5, 0.6) is 5.75 Å². The van der Waals surface area contributed by atoms with E-state index in [1.165, 1.54) is 0 Å². The molecule has 1 aliphatic rings. The molecular formula is C14H18ClN3O3. The van der Waals surface area contributed by atoms with Crippen molar-refractivity contribution in [2.75, 3.05) is 39.3 Å². The number of ether oxygens (including phenoxy) is 1. The third-order valence-corrected chi connectivity index (χ3v) is 3.60. The molecule has 0 spiro atoms. The molecule has 2 N–H and O–H groups in total. The molecule has 0 unspecified atom stereocenters. The maximum Gasteiger partial charge on any atom is 0.260 e. The van der Waals surface area contributed by atoms with Crippen LogP contribution in [0.15, 0.2) is 24.3 Å². The number of hydrogen-bond acceptors (Lipinski definition) is 4. The largest absolute Gasteiger partial charge is 0.482 e. The van der Waals surface area contributed by atoms with Gasteiger partial charge in [-0.15, -0.1) is 0 Å². The SMILES string of the molecule is NC(=O)CN1CCN(C(=O)COc2ccccc2Cl)CC1. The van der Waals surface area contributed by atoms with E-state index in [-0.39, 0.29) is 25.0 Å². The first-order valence-electron chi connectivity index (χ1n) is 6.72. The smallest absolute Gasteiger partial charge is 0.260 e. The van der Waals surface area contributed by atoms with Crippen LogP contribution in [0.25, 0.3) is 0 Å². The fraction of sp³-hybridized carbons (Fsp3) is 0.429. The van der Waals surface area contributed by atoms with E-state index >= 15 is 0 Å². The number of halogens is 1. The first kappa shape index (κ1) is 15.6. The van der Waals surface area contributed by atoms with Gasteiger partial charge in [0, 0.05) is 26.2 Å². The molecule has 1 aromatic carbocycles. The molecule has 0 aromatic heterocycles. The molecule has 21 heavy (non-hydrogen) atoms. The van der Waals surface area contributed by atoms with Crippen LogP contribution in [-0.2, 0) is 9.59 Å². The van der Waals surface area contributed by atoms with Crippen LogP contribution in [0.2, 0.25) is 5.02 Å². The van der Waals surface area contributed by atoms with Gasteiger partial charge < -0.3 is 15.4 Å². The Bertz CT molecular complexity index is 516. The topological polar surface area (TPSA) is 75.9 Å². The molecule has 0 atom stereocenters. The summed E-state index contributed by atoms with van der Waals surface area (Å²) >= 11 is 5.96. The summed E-state index contributed by atoms with van der Waals surface area (Å²) in [5, 5.41) is 0.483. The van der Waals surface area contributed by atoms with Crippen molar-refractivity contribution in [2.24, 2.45) is 5.73 Å². The van der Waals surface area contributed by atoms with Gasteiger partial charge in [-0.1, -0.05) is 23.7 Å². The predicted octanol–water partition coefficient (Wildman–Crippen LogP) is 0.348. The fourth-order valence-electron chi connectivity index (χ4n) is 2.17. The molecule has 2 amide bonds. The third-order valence-electron chi connectivity index (χ3n) is 3.29. The van der Waals surface area contributed by atoms with Gasteiger partial charge in [0.2, 0.25) is 5.91 Å². The molecule has 1 fully saturated rings. The van der Waals surface area contributed by atoms with Gasteiger partial charge in [-0.2, -0.15) is 0 Å². The van der Waals surface area contributed by atoms with Gasteiger partial charge in [-0.05, 0) is 12.1 Å². The number of rotatable bonds is 5. The molecule has 0 bridgehead atoms. The van der Waals surface area contributed by atoms with Crippen molar-refractivity contribution >= 4 is 23.4 Å². The number of para-hydroxylation sites is 1. The van der Waals surface area contributed by atoms with E-state index in [1.807, 2.05) is 4.90 Å². The van der Waals surface area contributed by atoms with Crippen LogP contribution in [0, 0.1) is 0 Å². The van der Waals surface area contributed by atoms with Gasteiger partial charge >= 0.3 is 0 Å². The second-order valence-corrected chi connectivity index (χ2v) is 5.25. The number of hydrogen-bond donors (Lipinski definition) is 1. The number of carbonyl (C=O) groups excluding carboxylic acids is 2. The third kappa shape index (κ3) is 4.61. The van der Waals surface area contributed by atoms with E-state index in [9.17, 15) is 9.59 Å². The monoisotopic (exact) mass is 311 g/mol. The number of amides is 2. The van der Waals surface area contributed by atoms with Gasteiger partial charge in [-0.3, -0.25) is 14.5 Å². The molecule has 7 heteroatoms. The molecule has 1 aromatic rings. The summed E-state index contributed by atoms with van der Waals surface area (Å²) in [5.74, 6) is 0.0605. The average Bonchev–Trinajstić information content (AvgIpc) is 2.46. The van der Waals surface area contributed by atoms with Gasteiger partial charge in [0.15, 0.2) is 6.61 Å². The van der Waals surface area contributed by atoms with E-state index < -0.39 is 0 Å². The minimum absolute atomic E-state index is 0.0421. The van der Waals surface area contributed by atoms with E-state index in [4.69, 9.17) is 22.1 Å². The summed E-state index contributed by atoms with van der Waals surface area (Å²) in [6.45, 7) is 2.61. The van der Waals surface area contributed by atoms with Crippen molar-refractivity contribution in [3.05, 3.63) is 29.3 Å². The molecule has 1 saturated heterocycles. The Morgan fingerprint density at radius 3 is 2.48 bits per heavy atom. The Kier molecular flexibility index (Phi) is 5.41. The minimum Gasteiger partial charge on any atom is -0.482 e. The zero-order chi connectivity index (χ0) is 15.2. The first-order chi connectivity index (χ1) is 10.1. The van der Waals surface area contributed by atoms with Crippen LogP contribution < -0.4 is 10.5 Å². The van der Waals surface area contributed by atoms with Crippen LogP contribution >= 0.6 is 11.6 Å². The molecule has 114 valence electrons. The lowest BCUT2D eigenvalue weighted by atomic mass is 10.3. The lowest BCUT2D eigenvalue weighted by molar-refractivity contribution is -0.135. The Morgan fingerprint density at radius 1 is 1.19 bits per heavy atom. The predicted molar refractivity (Wildman–Crippen MR) is 79.2 cm³/mol. The van der Waals surface area contributed by atoms with Gasteiger partial charge in [0.05, 0.1) is 11.6 Å². The van der Waals surface area contributed by atoms with Crippen molar-refractivity contribution in [2.45, 2.75) is 0 Å². The zero-order valence-corrected chi connectivity index (χ0v) is 12.4. The van der Waals surface area contributed by atoms with E-state index in [0.717, 1.165) is 0 Å². The number of nitrogens with zero attached hydrogens (tertiary/aromatic N) is 2. The molecule has 2 rings (SSSR count). The number of piperazine rings is 1. The summed E-state index contributed by atoms with van der Waals surface area (Å²) in [5.41, 5.74) is 5.15. The van der Waals surface area contributed by atoms with Gasteiger partial charge in [0.1, 0.15) is 5.75 Å².